The predicted octanol–water partition coefficient (Wildman–Crippen LogP) is 0.126. The van der Waals surface area contributed by atoms with Gasteiger partial charge in [-0.15, -0.1) is 0 Å². The minimum Gasteiger partial charge on any atom is -0.382 e. The minimum atomic E-state index is -0.145. The van der Waals surface area contributed by atoms with E-state index < -0.39 is 0 Å². The van der Waals surface area contributed by atoms with Gasteiger partial charge in [-0.2, -0.15) is 5.10 Å². The largest absolute Gasteiger partial charge is 0.382 e. The van der Waals surface area contributed by atoms with Gasteiger partial charge < -0.3 is 16.0 Å². The molecule has 1 aromatic rings. The van der Waals surface area contributed by atoms with E-state index in [4.69, 9.17) is 5.73 Å². The second-order valence-electron chi connectivity index (χ2n) is 4.41. The third kappa shape index (κ3) is 2.76. The molecular weight excluding hydrogens is 218 g/mol. The molecule has 0 unspecified atom stereocenters. The van der Waals surface area contributed by atoms with Crippen LogP contribution < -0.4 is 11.1 Å². The highest BCUT2D eigenvalue weighted by atomic mass is 16.1. The number of nitrogens with zero attached hydrogens (tertiary/aromatic N) is 2. The first kappa shape index (κ1) is 11.9. The molecule has 0 radical (unpaired) electrons. The van der Waals surface area contributed by atoms with E-state index >= 15 is 0 Å². The van der Waals surface area contributed by atoms with Crippen molar-refractivity contribution in [3.63, 3.8) is 0 Å². The van der Waals surface area contributed by atoms with Crippen molar-refractivity contribution in [3.05, 3.63) is 11.3 Å². The van der Waals surface area contributed by atoms with Gasteiger partial charge in [-0.25, -0.2) is 0 Å². The van der Waals surface area contributed by atoms with Gasteiger partial charge in [-0.05, 0) is 32.9 Å². The van der Waals surface area contributed by atoms with E-state index in [1.807, 2.05) is 0 Å². The number of amides is 1. The number of aryl methyl sites for hydroxylation is 1. The normalized spacial score (nSPS) is 16.3. The van der Waals surface area contributed by atoms with Gasteiger partial charge in [0.15, 0.2) is 5.82 Å². The lowest BCUT2D eigenvalue weighted by Gasteiger charge is -2.14. The van der Waals surface area contributed by atoms with Gasteiger partial charge in [0.1, 0.15) is 5.56 Å². The van der Waals surface area contributed by atoms with Gasteiger partial charge in [0, 0.05) is 18.8 Å². The quantitative estimate of drug-likeness (QED) is 0.694. The molecular formula is C11H19N5O. The van der Waals surface area contributed by atoms with Gasteiger partial charge in [0.25, 0.3) is 5.91 Å². The zero-order valence-corrected chi connectivity index (χ0v) is 10.1. The Morgan fingerprint density at radius 3 is 2.82 bits per heavy atom. The van der Waals surface area contributed by atoms with Crippen LogP contribution in [0.1, 0.15) is 28.9 Å². The van der Waals surface area contributed by atoms with Crippen molar-refractivity contribution in [2.45, 2.75) is 19.8 Å². The van der Waals surface area contributed by atoms with Gasteiger partial charge in [0.05, 0.1) is 0 Å². The van der Waals surface area contributed by atoms with Crippen molar-refractivity contribution in [2.75, 3.05) is 31.9 Å². The summed E-state index contributed by atoms with van der Waals surface area (Å²) in [5.41, 5.74) is 6.80. The van der Waals surface area contributed by atoms with Crippen LogP contribution in [0.2, 0.25) is 0 Å². The fraction of sp³-hybridized carbons (Fsp3) is 0.636. The summed E-state index contributed by atoms with van der Waals surface area (Å²) in [7, 11) is 0. The number of anilines is 1. The Morgan fingerprint density at radius 2 is 2.24 bits per heavy atom. The summed E-state index contributed by atoms with van der Waals surface area (Å²) >= 11 is 0. The van der Waals surface area contributed by atoms with Crippen molar-refractivity contribution >= 4 is 11.7 Å². The van der Waals surface area contributed by atoms with Crippen LogP contribution in [0, 0.1) is 6.92 Å². The van der Waals surface area contributed by atoms with Crippen molar-refractivity contribution in [1.82, 2.24) is 20.4 Å². The Labute approximate surface area is 101 Å². The number of aromatic amines is 1. The molecule has 0 bridgehead atoms. The maximum atomic E-state index is 11.9. The second kappa shape index (κ2) is 5.18. The molecule has 2 rings (SSSR count). The molecule has 1 aliphatic rings. The molecule has 6 nitrogen and oxygen atoms in total. The molecule has 0 aliphatic carbocycles. The first-order chi connectivity index (χ1) is 8.18. The Bertz CT molecular complexity index is 375. The molecule has 0 saturated carbocycles. The van der Waals surface area contributed by atoms with E-state index in [1.165, 1.54) is 12.8 Å². The summed E-state index contributed by atoms with van der Waals surface area (Å²) in [6, 6.07) is 0. The number of rotatable bonds is 4. The monoisotopic (exact) mass is 237 g/mol. The zero-order chi connectivity index (χ0) is 12.3. The van der Waals surface area contributed by atoms with E-state index in [1.54, 1.807) is 6.92 Å². The van der Waals surface area contributed by atoms with E-state index in [9.17, 15) is 4.79 Å². The van der Waals surface area contributed by atoms with Gasteiger partial charge in [0.2, 0.25) is 0 Å². The molecule has 0 spiro atoms. The Morgan fingerprint density at radius 1 is 1.53 bits per heavy atom. The van der Waals surface area contributed by atoms with E-state index in [0.717, 1.165) is 19.6 Å². The maximum Gasteiger partial charge on any atom is 0.256 e. The molecule has 1 saturated heterocycles. The summed E-state index contributed by atoms with van der Waals surface area (Å²) in [4.78, 5) is 14.2. The first-order valence-corrected chi connectivity index (χ1v) is 5.99. The molecule has 1 fully saturated rings. The number of nitrogen functional groups attached to an aromatic ring is 1. The molecule has 2 heterocycles. The maximum absolute atomic E-state index is 11.9. The van der Waals surface area contributed by atoms with Crippen LogP contribution in [0.15, 0.2) is 0 Å². The predicted molar refractivity (Wildman–Crippen MR) is 65.7 cm³/mol. The van der Waals surface area contributed by atoms with Crippen molar-refractivity contribution in [1.29, 1.82) is 0 Å². The smallest absolute Gasteiger partial charge is 0.256 e. The molecule has 17 heavy (non-hydrogen) atoms. The summed E-state index contributed by atoms with van der Waals surface area (Å²) in [5, 5.41) is 9.38. The van der Waals surface area contributed by atoms with Crippen LogP contribution in [-0.4, -0.2) is 47.2 Å². The lowest BCUT2D eigenvalue weighted by molar-refractivity contribution is 0.0950. The molecule has 0 aromatic carbocycles. The van der Waals surface area contributed by atoms with Gasteiger partial charge >= 0.3 is 0 Å². The SMILES string of the molecule is Cc1[nH]nc(N)c1C(=O)NCCN1CCCC1. The lowest BCUT2D eigenvalue weighted by Crippen LogP contribution is -2.33. The average molecular weight is 237 g/mol. The number of nitrogens with two attached hydrogens (primary N) is 1. The number of hydrogen-bond acceptors (Lipinski definition) is 4. The molecule has 6 heteroatoms. The van der Waals surface area contributed by atoms with Crippen LogP contribution in [0.3, 0.4) is 0 Å². The van der Waals surface area contributed by atoms with Crippen LogP contribution in [0.25, 0.3) is 0 Å². The number of likely N-dealkylation sites (tertiary alicyclic amines) is 1. The summed E-state index contributed by atoms with van der Waals surface area (Å²) in [6.45, 7) is 5.63. The highest BCUT2D eigenvalue weighted by molar-refractivity contribution is 5.99. The highest BCUT2D eigenvalue weighted by Gasteiger charge is 2.16. The number of hydrogen-bond donors (Lipinski definition) is 3. The number of carbonyl (C=O) groups excluding carboxylic acids is 1. The van der Waals surface area contributed by atoms with Gasteiger partial charge in [-0.1, -0.05) is 0 Å². The summed E-state index contributed by atoms with van der Waals surface area (Å²) in [6.07, 6.45) is 2.53. The number of H-pyrrole nitrogens is 1. The molecule has 1 aromatic heterocycles. The summed E-state index contributed by atoms with van der Waals surface area (Å²) in [5.74, 6) is 0.120. The molecule has 4 N–H and O–H groups in total. The fourth-order valence-electron chi connectivity index (χ4n) is 2.16. The van der Waals surface area contributed by atoms with Crippen molar-refractivity contribution in [2.24, 2.45) is 0 Å². The van der Waals surface area contributed by atoms with Crippen LogP contribution >= 0.6 is 0 Å². The molecule has 1 aliphatic heterocycles. The fourth-order valence-corrected chi connectivity index (χ4v) is 2.16. The molecule has 94 valence electrons. The minimum absolute atomic E-state index is 0.145. The topological polar surface area (TPSA) is 87.0 Å². The average Bonchev–Trinajstić information content (AvgIpc) is 2.89. The lowest BCUT2D eigenvalue weighted by atomic mass is 10.2. The molecule has 0 atom stereocenters. The Balaban J connectivity index is 1.81. The number of aromatic nitrogens is 2. The molecule has 1 amide bonds. The van der Waals surface area contributed by atoms with Crippen LogP contribution in [-0.2, 0) is 0 Å². The van der Waals surface area contributed by atoms with Crippen LogP contribution in [0.4, 0.5) is 5.82 Å². The van der Waals surface area contributed by atoms with E-state index in [2.05, 4.69) is 20.4 Å². The Hall–Kier alpha value is -1.56. The standard InChI is InChI=1S/C11H19N5O/c1-8-9(10(12)15-14-8)11(17)13-4-7-16-5-2-3-6-16/h2-7H2,1H3,(H,13,17)(H3,12,14,15). The number of carbonyl (C=O) groups is 1. The van der Waals surface area contributed by atoms with Crippen LogP contribution in [0.5, 0.6) is 0 Å². The first-order valence-electron chi connectivity index (χ1n) is 5.99. The van der Waals surface area contributed by atoms with E-state index in [0.29, 0.717) is 17.8 Å². The Kier molecular flexibility index (Phi) is 3.63. The van der Waals surface area contributed by atoms with Crippen molar-refractivity contribution in [3.8, 4) is 0 Å². The summed E-state index contributed by atoms with van der Waals surface area (Å²) < 4.78 is 0. The third-order valence-electron chi connectivity index (χ3n) is 3.11. The van der Waals surface area contributed by atoms with E-state index in [-0.39, 0.29) is 11.7 Å². The highest BCUT2D eigenvalue weighted by Crippen LogP contribution is 2.11. The van der Waals surface area contributed by atoms with Gasteiger partial charge in [-0.3, -0.25) is 9.89 Å². The third-order valence-corrected chi connectivity index (χ3v) is 3.11. The number of nitrogens with one attached hydrogen (secondary N) is 2. The zero-order valence-electron chi connectivity index (χ0n) is 10.1. The second-order valence-corrected chi connectivity index (χ2v) is 4.41. The van der Waals surface area contributed by atoms with Crippen molar-refractivity contribution < 1.29 is 4.79 Å².